The lowest BCUT2D eigenvalue weighted by Gasteiger charge is -2.06. The maximum absolute atomic E-state index is 5.96. The fraction of sp³-hybridized carbons (Fsp3) is 0.273. The largest absolute Gasteiger partial charge is 0.305 e. The van der Waals surface area contributed by atoms with E-state index in [4.69, 9.17) is 16.4 Å². The molecule has 14 heavy (non-hydrogen) atoms. The molecule has 0 bridgehead atoms. The van der Waals surface area contributed by atoms with Gasteiger partial charge in [-0.05, 0) is 30.2 Å². The lowest BCUT2D eigenvalue weighted by Crippen LogP contribution is -2.10. The first kappa shape index (κ1) is 11.2. The van der Waals surface area contributed by atoms with Crippen molar-refractivity contribution >= 4 is 17.2 Å². The van der Waals surface area contributed by atoms with E-state index in [1.807, 2.05) is 25.1 Å². The Morgan fingerprint density at radius 2 is 2.21 bits per heavy atom. The van der Waals surface area contributed by atoms with Gasteiger partial charge in [-0.3, -0.25) is 0 Å². The van der Waals surface area contributed by atoms with Crippen LogP contribution >= 0.6 is 11.6 Å². The minimum absolute atomic E-state index is 0.636. The highest BCUT2D eigenvalue weighted by Crippen LogP contribution is 2.20. The molecule has 1 aromatic carbocycles. The van der Waals surface area contributed by atoms with Gasteiger partial charge in [-0.1, -0.05) is 29.8 Å². The van der Waals surface area contributed by atoms with Crippen molar-refractivity contribution in [1.82, 2.24) is 5.48 Å². The van der Waals surface area contributed by atoms with Crippen molar-refractivity contribution in [2.75, 3.05) is 7.11 Å². The second-order valence-corrected chi connectivity index (χ2v) is 3.59. The van der Waals surface area contributed by atoms with E-state index in [-0.39, 0.29) is 0 Å². The quantitative estimate of drug-likeness (QED) is 0.774. The van der Waals surface area contributed by atoms with Crippen LogP contribution in [0.2, 0.25) is 5.02 Å². The van der Waals surface area contributed by atoms with Crippen molar-refractivity contribution < 1.29 is 4.84 Å². The third-order valence-corrected chi connectivity index (χ3v) is 2.09. The molecule has 0 spiro atoms. The van der Waals surface area contributed by atoms with Crippen LogP contribution in [0.1, 0.15) is 18.1 Å². The zero-order chi connectivity index (χ0) is 10.6. The van der Waals surface area contributed by atoms with E-state index in [9.17, 15) is 0 Å². The number of allylic oxidation sites excluding steroid dienone is 1. The summed E-state index contributed by atoms with van der Waals surface area (Å²) < 4.78 is 0. The third-order valence-electron chi connectivity index (χ3n) is 1.87. The molecular formula is C11H14ClNO. The molecule has 3 heteroatoms. The lowest BCUT2D eigenvalue weighted by molar-refractivity contribution is 0.0867. The fourth-order valence-electron chi connectivity index (χ4n) is 1.15. The van der Waals surface area contributed by atoms with Crippen molar-refractivity contribution in [2.24, 2.45) is 0 Å². The zero-order valence-electron chi connectivity index (χ0n) is 8.43. The Kier molecular flexibility index (Phi) is 4.14. The van der Waals surface area contributed by atoms with Crippen LogP contribution in [0.3, 0.4) is 0 Å². The van der Waals surface area contributed by atoms with Gasteiger partial charge in [-0.15, -0.1) is 0 Å². The van der Waals surface area contributed by atoms with Gasteiger partial charge in [0.05, 0.1) is 7.11 Å². The van der Waals surface area contributed by atoms with E-state index >= 15 is 0 Å². The van der Waals surface area contributed by atoms with Crippen LogP contribution in [0.25, 0.3) is 5.57 Å². The van der Waals surface area contributed by atoms with E-state index in [0.29, 0.717) is 6.54 Å². The van der Waals surface area contributed by atoms with Crippen molar-refractivity contribution in [1.29, 1.82) is 0 Å². The van der Waals surface area contributed by atoms with Crippen LogP contribution in [-0.2, 0) is 11.4 Å². The second kappa shape index (κ2) is 5.15. The van der Waals surface area contributed by atoms with E-state index in [1.165, 1.54) is 0 Å². The van der Waals surface area contributed by atoms with Crippen LogP contribution < -0.4 is 5.48 Å². The first-order valence-corrected chi connectivity index (χ1v) is 4.72. The molecule has 0 unspecified atom stereocenters. The van der Waals surface area contributed by atoms with Crippen LogP contribution in [0.4, 0.5) is 0 Å². The molecule has 0 aliphatic rings. The molecule has 0 saturated heterocycles. The molecule has 0 amide bonds. The predicted octanol–water partition coefficient (Wildman–Crippen LogP) is 3.02. The number of hydrogen-bond donors (Lipinski definition) is 1. The molecule has 76 valence electrons. The molecular weight excluding hydrogens is 198 g/mol. The van der Waals surface area contributed by atoms with Gasteiger partial charge in [0, 0.05) is 11.6 Å². The summed E-state index contributed by atoms with van der Waals surface area (Å²) in [5.74, 6) is 0. The Bertz CT molecular complexity index is 336. The second-order valence-electron chi connectivity index (χ2n) is 3.15. The minimum atomic E-state index is 0.636. The average molecular weight is 212 g/mol. The van der Waals surface area contributed by atoms with Gasteiger partial charge in [0.25, 0.3) is 0 Å². The summed E-state index contributed by atoms with van der Waals surface area (Å²) in [5, 5.41) is 0.721. The zero-order valence-corrected chi connectivity index (χ0v) is 9.19. The number of nitrogens with one attached hydrogen (secondary N) is 1. The summed E-state index contributed by atoms with van der Waals surface area (Å²) in [5.41, 5.74) is 5.92. The van der Waals surface area contributed by atoms with Gasteiger partial charge in [-0.25, -0.2) is 0 Å². The molecule has 2 nitrogen and oxygen atoms in total. The highest BCUT2D eigenvalue weighted by atomic mass is 35.5. The van der Waals surface area contributed by atoms with Crippen molar-refractivity contribution in [3.05, 3.63) is 40.9 Å². The Balaban J connectivity index is 2.89. The molecule has 0 aromatic heterocycles. The van der Waals surface area contributed by atoms with Crippen LogP contribution in [0.5, 0.6) is 0 Å². The predicted molar refractivity (Wildman–Crippen MR) is 60.0 cm³/mol. The minimum Gasteiger partial charge on any atom is -0.305 e. The van der Waals surface area contributed by atoms with E-state index in [2.05, 4.69) is 12.1 Å². The molecule has 1 aromatic rings. The molecule has 0 aliphatic heterocycles. The first-order valence-electron chi connectivity index (χ1n) is 4.34. The van der Waals surface area contributed by atoms with Gasteiger partial charge < -0.3 is 4.84 Å². The molecule has 1 N–H and O–H groups in total. The summed E-state index contributed by atoms with van der Waals surface area (Å²) in [4.78, 5) is 4.77. The smallest absolute Gasteiger partial charge is 0.0572 e. The van der Waals surface area contributed by atoms with Crippen LogP contribution in [-0.4, -0.2) is 7.11 Å². The maximum atomic E-state index is 5.96. The summed E-state index contributed by atoms with van der Waals surface area (Å²) >= 11 is 5.96. The van der Waals surface area contributed by atoms with Gasteiger partial charge in [0.2, 0.25) is 0 Å². The number of rotatable bonds is 4. The van der Waals surface area contributed by atoms with Crippen LogP contribution in [0.15, 0.2) is 24.8 Å². The first-order chi connectivity index (χ1) is 6.63. The van der Waals surface area contributed by atoms with Crippen molar-refractivity contribution in [3.8, 4) is 0 Å². The molecule has 0 aliphatic carbocycles. The molecule has 1 rings (SSSR count). The Morgan fingerprint density at radius 3 is 2.79 bits per heavy atom. The van der Waals surface area contributed by atoms with E-state index in [0.717, 1.165) is 21.7 Å². The SMILES string of the molecule is C=C(C)c1cc(Cl)cc(CNOC)c1. The average Bonchev–Trinajstić information content (AvgIpc) is 2.14. The van der Waals surface area contributed by atoms with Gasteiger partial charge in [0.1, 0.15) is 0 Å². The highest BCUT2D eigenvalue weighted by molar-refractivity contribution is 6.30. The monoisotopic (exact) mass is 211 g/mol. The Hall–Kier alpha value is -0.830. The Morgan fingerprint density at radius 1 is 1.50 bits per heavy atom. The van der Waals surface area contributed by atoms with Crippen molar-refractivity contribution in [3.63, 3.8) is 0 Å². The standard InChI is InChI=1S/C11H14ClNO/c1-8(2)10-4-9(7-13-14-3)5-11(12)6-10/h4-6,13H,1,7H2,2-3H3. The van der Waals surface area contributed by atoms with Gasteiger partial charge >= 0.3 is 0 Å². The lowest BCUT2D eigenvalue weighted by atomic mass is 10.1. The number of benzene rings is 1. The third kappa shape index (κ3) is 3.14. The highest BCUT2D eigenvalue weighted by Gasteiger charge is 2.00. The molecule has 0 radical (unpaired) electrons. The summed E-state index contributed by atoms with van der Waals surface area (Å²) in [6.07, 6.45) is 0. The summed E-state index contributed by atoms with van der Waals surface area (Å²) in [7, 11) is 1.59. The number of halogens is 1. The maximum Gasteiger partial charge on any atom is 0.0572 e. The molecule has 0 atom stereocenters. The fourth-order valence-corrected chi connectivity index (χ4v) is 1.41. The van der Waals surface area contributed by atoms with Crippen LogP contribution in [0, 0.1) is 0 Å². The van der Waals surface area contributed by atoms with E-state index < -0.39 is 0 Å². The molecule has 0 heterocycles. The normalized spacial score (nSPS) is 10.2. The van der Waals surface area contributed by atoms with Gasteiger partial charge in [-0.2, -0.15) is 5.48 Å². The number of hydroxylamine groups is 1. The number of hydrogen-bond acceptors (Lipinski definition) is 2. The molecule has 0 fully saturated rings. The molecule has 0 saturated carbocycles. The van der Waals surface area contributed by atoms with E-state index in [1.54, 1.807) is 7.11 Å². The summed E-state index contributed by atoms with van der Waals surface area (Å²) in [6.45, 7) is 6.47. The van der Waals surface area contributed by atoms with Crippen molar-refractivity contribution in [2.45, 2.75) is 13.5 Å². The van der Waals surface area contributed by atoms with Gasteiger partial charge in [0.15, 0.2) is 0 Å². The summed E-state index contributed by atoms with van der Waals surface area (Å²) in [6, 6.07) is 5.85. The topological polar surface area (TPSA) is 21.3 Å². The Labute approximate surface area is 89.5 Å².